The summed E-state index contributed by atoms with van der Waals surface area (Å²) in [5.74, 6) is -0.226. The van der Waals surface area contributed by atoms with Crippen molar-refractivity contribution in [3.63, 3.8) is 0 Å². The van der Waals surface area contributed by atoms with Gasteiger partial charge in [0.25, 0.3) is 0 Å². The Morgan fingerprint density at radius 1 is 1.14 bits per heavy atom. The lowest BCUT2D eigenvalue weighted by Crippen LogP contribution is -2.34. The van der Waals surface area contributed by atoms with Crippen LogP contribution in [-0.4, -0.2) is 17.4 Å². The molecule has 0 aliphatic heterocycles. The highest BCUT2D eigenvalue weighted by atomic mass is 19.1. The molecule has 0 radical (unpaired) electrons. The molecule has 1 amide bonds. The maximum absolute atomic E-state index is 13.0. The van der Waals surface area contributed by atoms with Crippen LogP contribution in [0.2, 0.25) is 0 Å². The van der Waals surface area contributed by atoms with Crippen molar-refractivity contribution in [2.24, 2.45) is 0 Å². The molecule has 1 unspecified atom stereocenters. The summed E-state index contributed by atoms with van der Waals surface area (Å²) in [6.45, 7) is 4.50. The van der Waals surface area contributed by atoms with E-state index >= 15 is 0 Å². The van der Waals surface area contributed by atoms with Crippen molar-refractivity contribution in [3.05, 3.63) is 65.5 Å². The van der Waals surface area contributed by atoms with E-state index in [4.69, 9.17) is 5.73 Å². The lowest BCUT2D eigenvalue weighted by molar-refractivity contribution is -0.132. The number of carbonyl (C=O) groups is 1. The first-order valence-corrected chi connectivity index (χ1v) is 7.40. The number of amides is 1. The lowest BCUT2D eigenvalue weighted by atomic mass is 10.1. The maximum atomic E-state index is 13.0. The molecular formula is C18H21FN2O. The largest absolute Gasteiger partial charge is 0.399 e. The van der Waals surface area contributed by atoms with Crippen LogP contribution < -0.4 is 5.73 Å². The van der Waals surface area contributed by atoms with Gasteiger partial charge in [-0.3, -0.25) is 4.79 Å². The van der Waals surface area contributed by atoms with Crippen LogP contribution in [0.25, 0.3) is 0 Å². The molecule has 2 rings (SSSR count). The van der Waals surface area contributed by atoms with E-state index in [2.05, 4.69) is 0 Å². The molecular weight excluding hydrogens is 279 g/mol. The number of likely N-dealkylation sites (N-methyl/N-ethyl adjacent to an activating group) is 1. The van der Waals surface area contributed by atoms with Crippen LogP contribution in [0.4, 0.5) is 10.1 Å². The van der Waals surface area contributed by atoms with Gasteiger partial charge in [0.2, 0.25) is 5.91 Å². The topological polar surface area (TPSA) is 46.3 Å². The number of halogens is 1. The van der Waals surface area contributed by atoms with Gasteiger partial charge in [0, 0.05) is 12.2 Å². The highest BCUT2D eigenvalue weighted by Crippen LogP contribution is 2.21. The number of nitrogen functional groups attached to an aromatic ring is 1. The van der Waals surface area contributed by atoms with E-state index in [0.717, 1.165) is 11.1 Å². The predicted molar refractivity (Wildman–Crippen MR) is 86.8 cm³/mol. The van der Waals surface area contributed by atoms with Crippen molar-refractivity contribution in [3.8, 4) is 0 Å². The quantitative estimate of drug-likeness (QED) is 0.858. The smallest absolute Gasteiger partial charge is 0.227 e. The third-order valence-electron chi connectivity index (χ3n) is 3.82. The molecule has 3 nitrogen and oxygen atoms in total. The molecule has 0 saturated heterocycles. The van der Waals surface area contributed by atoms with Gasteiger partial charge in [-0.1, -0.05) is 24.3 Å². The number of carbonyl (C=O) groups excluding carboxylic acids is 1. The van der Waals surface area contributed by atoms with Crippen molar-refractivity contribution >= 4 is 11.6 Å². The highest BCUT2D eigenvalue weighted by Gasteiger charge is 2.20. The highest BCUT2D eigenvalue weighted by molar-refractivity contribution is 5.79. The lowest BCUT2D eigenvalue weighted by Gasteiger charge is -2.28. The van der Waals surface area contributed by atoms with Gasteiger partial charge in [-0.2, -0.15) is 0 Å². The second kappa shape index (κ2) is 7.07. The van der Waals surface area contributed by atoms with Crippen molar-refractivity contribution < 1.29 is 9.18 Å². The minimum absolute atomic E-state index is 0.0455. The molecule has 0 heterocycles. The zero-order valence-corrected chi connectivity index (χ0v) is 12.9. The zero-order chi connectivity index (χ0) is 16.1. The number of hydrogen-bond donors (Lipinski definition) is 1. The monoisotopic (exact) mass is 300 g/mol. The van der Waals surface area contributed by atoms with Crippen LogP contribution in [0.3, 0.4) is 0 Å². The van der Waals surface area contributed by atoms with E-state index in [1.54, 1.807) is 29.2 Å². The minimum Gasteiger partial charge on any atom is -0.399 e. The van der Waals surface area contributed by atoms with Crippen molar-refractivity contribution in [1.82, 2.24) is 4.90 Å². The zero-order valence-electron chi connectivity index (χ0n) is 12.9. The number of rotatable bonds is 5. The standard InChI is InChI=1S/C18H21FN2O/c1-3-21(13(2)15-6-8-16(19)9-7-15)18(22)12-14-4-10-17(20)11-5-14/h4-11,13H,3,12,20H2,1-2H3. The first kappa shape index (κ1) is 16.0. The molecule has 0 aromatic heterocycles. The fourth-order valence-corrected chi connectivity index (χ4v) is 2.50. The van der Waals surface area contributed by atoms with Crippen LogP contribution in [-0.2, 0) is 11.2 Å². The number of anilines is 1. The van der Waals surface area contributed by atoms with Gasteiger partial charge in [0.05, 0.1) is 12.5 Å². The second-order valence-electron chi connectivity index (χ2n) is 5.33. The summed E-state index contributed by atoms with van der Waals surface area (Å²) >= 11 is 0. The Balaban J connectivity index is 2.10. The second-order valence-corrected chi connectivity index (χ2v) is 5.33. The van der Waals surface area contributed by atoms with Crippen LogP contribution in [0.5, 0.6) is 0 Å². The van der Waals surface area contributed by atoms with Gasteiger partial charge in [0.1, 0.15) is 5.82 Å². The summed E-state index contributed by atoms with van der Waals surface area (Å²) in [5, 5.41) is 0. The van der Waals surface area contributed by atoms with Gasteiger partial charge in [-0.25, -0.2) is 4.39 Å². The average molecular weight is 300 g/mol. The van der Waals surface area contributed by atoms with Crippen molar-refractivity contribution in [2.75, 3.05) is 12.3 Å². The third kappa shape index (κ3) is 3.85. The molecule has 0 aliphatic rings. The first-order chi connectivity index (χ1) is 10.5. The normalized spacial score (nSPS) is 12.0. The number of benzene rings is 2. The van der Waals surface area contributed by atoms with Gasteiger partial charge in [-0.15, -0.1) is 0 Å². The Bertz CT molecular complexity index is 623. The van der Waals surface area contributed by atoms with Crippen LogP contribution in [0, 0.1) is 5.82 Å². The molecule has 22 heavy (non-hydrogen) atoms. The summed E-state index contributed by atoms with van der Waals surface area (Å²) in [4.78, 5) is 14.3. The Hall–Kier alpha value is -2.36. The van der Waals surface area contributed by atoms with Crippen LogP contribution in [0.15, 0.2) is 48.5 Å². The fraction of sp³-hybridized carbons (Fsp3) is 0.278. The van der Waals surface area contributed by atoms with E-state index in [-0.39, 0.29) is 17.8 Å². The van der Waals surface area contributed by atoms with Gasteiger partial charge in [-0.05, 0) is 49.2 Å². The minimum atomic E-state index is -0.271. The summed E-state index contributed by atoms with van der Waals surface area (Å²) < 4.78 is 13.0. The average Bonchev–Trinajstić information content (AvgIpc) is 2.51. The Kier molecular flexibility index (Phi) is 5.15. The summed E-state index contributed by atoms with van der Waals surface area (Å²) in [6.07, 6.45) is 0.333. The molecule has 0 bridgehead atoms. The van der Waals surface area contributed by atoms with Crippen molar-refractivity contribution in [2.45, 2.75) is 26.3 Å². The predicted octanol–water partition coefficient (Wildman–Crippen LogP) is 3.56. The molecule has 0 fully saturated rings. The van der Waals surface area contributed by atoms with Crippen LogP contribution >= 0.6 is 0 Å². The number of hydrogen-bond acceptors (Lipinski definition) is 2. The van der Waals surface area contributed by atoms with Crippen molar-refractivity contribution in [1.29, 1.82) is 0 Å². The van der Waals surface area contributed by atoms with E-state index < -0.39 is 0 Å². The molecule has 2 N–H and O–H groups in total. The molecule has 4 heteroatoms. The maximum Gasteiger partial charge on any atom is 0.227 e. The Labute approximate surface area is 130 Å². The molecule has 2 aromatic carbocycles. The van der Waals surface area contributed by atoms with E-state index in [0.29, 0.717) is 18.7 Å². The molecule has 0 saturated carbocycles. The van der Waals surface area contributed by atoms with Crippen LogP contribution in [0.1, 0.15) is 31.0 Å². The molecule has 0 spiro atoms. The van der Waals surface area contributed by atoms with Gasteiger partial charge in [0.15, 0.2) is 0 Å². The molecule has 1 atom stereocenters. The van der Waals surface area contributed by atoms with Gasteiger partial charge < -0.3 is 10.6 Å². The molecule has 2 aromatic rings. The summed E-state index contributed by atoms with van der Waals surface area (Å²) in [6, 6.07) is 13.5. The third-order valence-corrected chi connectivity index (χ3v) is 3.82. The summed E-state index contributed by atoms with van der Waals surface area (Å²) in [5.41, 5.74) is 8.20. The fourth-order valence-electron chi connectivity index (χ4n) is 2.50. The van der Waals surface area contributed by atoms with E-state index in [1.165, 1.54) is 12.1 Å². The number of nitrogens with zero attached hydrogens (tertiary/aromatic N) is 1. The summed E-state index contributed by atoms with van der Waals surface area (Å²) in [7, 11) is 0. The van der Waals surface area contributed by atoms with Gasteiger partial charge >= 0.3 is 0 Å². The Morgan fingerprint density at radius 3 is 2.27 bits per heavy atom. The molecule has 116 valence electrons. The Morgan fingerprint density at radius 2 is 1.73 bits per heavy atom. The molecule has 0 aliphatic carbocycles. The van der Waals surface area contributed by atoms with E-state index in [9.17, 15) is 9.18 Å². The number of nitrogens with two attached hydrogens (primary N) is 1. The first-order valence-electron chi connectivity index (χ1n) is 7.40. The van der Waals surface area contributed by atoms with E-state index in [1.807, 2.05) is 26.0 Å². The SMILES string of the molecule is CCN(C(=O)Cc1ccc(N)cc1)C(C)c1ccc(F)cc1.